The highest BCUT2D eigenvalue weighted by Crippen LogP contribution is 2.35. The molecular formula is C22H21N5O3S. The van der Waals surface area contributed by atoms with Crippen molar-refractivity contribution in [3.8, 4) is 11.5 Å². The minimum atomic E-state index is -2.79. The molecule has 0 aliphatic rings. The third kappa shape index (κ3) is 4.72. The van der Waals surface area contributed by atoms with Crippen LogP contribution in [0.2, 0.25) is 0 Å². The first-order chi connectivity index (χ1) is 14.9. The Kier molecular flexibility index (Phi) is 5.68. The van der Waals surface area contributed by atoms with Crippen molar-refractivity contribution < 1.29 is 13.7 Å². The molecule has 0 saturated heterocycles. The quantitative estimate of drug-likeness (QED) is 0.443. The summed E-state index contributed by atoms with van der Waals surface area (Å²) in [6.07, 6.45) is 6.28. The van der Waals surface area contributed by atoms with Gasteiger partial charge in [0.1, 0.15) is 18.8 Å². The monoisotopic (exact) mass is 435 g/mol. The molecule has 4 rings (SSSR count). The van der Waals surface area contributed by atoms with Gasteiger partial charge < -0.3 is 14.8 Å². The molecule has 2 N–H and O–H groups in total. The number of nitrogens with one attached hydrogen (secondary N) is 2. The molecule has 2 heterocycles. The molecule has 31 heavy (non-hydrogen) atoms. The molecule has 158 valence electrons. The summed E-state index contributed by atoms with van der Waals surface area (Å²) in [4.78, 5) is 13.2. The molecule has 0 aliphatic carbocycles. The summed E-state index contributed by atoms with van der Waals surface area (Å²) in [5.74, 6) is 1.70. The minimum Gasteiger partial charge on any atom is -0.493 e. The van der Waals surface area contributed by atoms with Crippen LogP contribution >= 0.6 is 0 Å². The topological polar surface area (TPSA) is 110 Å². The first-order valence-corrected chi connectivity index (χ1v) is 11.4. The van der Waals surface area contributed by atoms with E-state index in [1.165, 1.54) is 12.6 Å². The molecule has 8 nitrogen and oxygen atoms in total. The first kappa shape index (κ1) is 20.5. The van der Waals surface area contributed by atoms with Crippen LogP contribution in [0.25, 0.3) is 10.9 Å². The van der Waals surface area contributed by atoms with Crippen molar-refractivity contribution >= 4 is 32.1 Å². The molecule has 1 atom stereocenters. The zero-order valence-corrected chi connectivity index (χ0v) is 17.8. The Morgan fingerprint density at radius 1 is 1.06 bits per heavy atom. The van der Waals surface area contributed by atoms with Crippen molar-refractivity contribution in [2.75, 3.05) is 18.7 Å². The van der Waals surface area contributed by atoms with Crippen LogP contribution in [0.4, 0.5) is 11.5 Å². The van der Waals surface area contributed by atoms with Gasteiger partial charge in [-0.3, -0.25) is 4.98 Å². The number of methoxy groups -OCH3 is 1. The predicted molar refractivity (Wildman–Crippen MR) is 119 cm³/mol. The van der Waals surface area contributed by atoms with Gasteiger partial charge in [-0.1, -0.05) is 12.1 Å². The van der Waals surface area contributed by atoms with Crippen molar-refractivity contribution in [3.05, 3.63) is 72.8 Å². The fraction of sp³-hybridized carbons (Fsp3) is 0.136. The Labute approximate surface area is 180 Å². The number of anilines is 2. The highest BCUT2D eigenvalue weighted by Gasteiger charge is 2.13. The summed E-state index contributed by atoms with van der Waals surface area (Å²) >= 11 is 0. The molecule has 0 radical (unpaired) electrons. The molecular weight excluding hydrogens is 414 g/mol. The van der Waals surface area contributed by atoms with E-state index in [2.05, 4.69) is 20.3 Å². The van der Waals surface area contributed by atoms with Crippen LogP contribution in [0.3, 0.4) is 0 Å². The second kappa shape index (κ2) is 8.57. The lowest BCUT2D eigenvalue weighted by atomic mass is 10.2. The number of pyridine rings is 1. The van der Waals surface area contributed by atoms with Gasteiger partial charge in [-0.2, -0.15) is 0 Å². The van der Waals surface area contributed by atoms with E-state index in [0.717, 1.165) is 16.6 Å². The second-order valence-electron chi connectivity index (χ2n) is 6.88. The third-order valence-corrected chi connectivity index (χ3v) is 5.76. The molecule has 2 aromatic carbocycles. The Morgan fingerprint density at radius 2 is 1.87 bits per heavy atom. The number of hydrogen-bond donors (Lipinski definition) is 2. The van der Waals surface area contributed by atoms with E-state index in [-0.39, 0.29) is 6.61 Å². The fourth-order valence-corrected chi connectivity index (χ4v) is 3.76. The summed E-state index contributed by atoms with van der Waals surface area (Å²) in [7, 11) is -1.22. The lowest BCUT2D eigenvalue weighted by molar-refractivity contribution is 0.285. The molecule has 4 aromatic rings. The molecule has 0 saturated carbocycles. The molecule has 9 heteroatoms. The van der Waals surface area contributed by atoms with Gasteiger partial charge in [-0.25, -0.2) is 19.0 Å². The molecule has 1 unspecified atom stereocenters. The number of ether oxygens (including phenoxy) is 2. The number of benzene rings is 2. The second-order valence-corrected chi connectivity index (χ2v) is 9.04. The van der Waals surface area contributed by atoms with Gasteiger partial charge in [-0.15, -0.1) is 0 Å². The van der Waals surface area contributed by atoms with Crippen molar-refractivity contribution in [1.82, 2.24) is 15.0 Å². The number of aromatic nitrogens is 3. The standard InChI is InChI=1S/C22H21N5O3S/c1-29-20-11-18-19(25-14-26-22(18)27-16-6-8-24-9-7-16)12-21(20)30-13-15-4-3-5-17(10-15)31(2,23)28/h3-12,14,23H,13H2,1-2H3,(H,24,25,26,27). The van der Waals surface area contributed by atoms with Crippen molar-refractivity contribution in [3.63, 3.8) is 0 Å². The van der Waals surface area contributed by atoms with E-state index in [1.54, 1.807) is 43.8 Å². The van der Waals surface area contributed by atoms with Gasteiger partial charge in [0.2, 0.25) is 0 Å². The van der Waals surface area contributed by atoms with Gasteiger partial charge in [0.15, 0.2) is 11.5 Å². The van der Waals surface area contributed by atoms with Crippen LogP contribution in [0, 0.1) is 4.78 Å². The van der Waals surface area contributed by atoms with E-state index < -0.39 is 9.73 Å². The highest BCUT2D eigenvalue weighted by atomic mass is 32.2. The summed E-state index contributed by atoms with van der Waals surface area (Å²) in [6, 6.07) is 14.4. The maximum atomic E-state index is 12.0. The van der Waals surface area contributed by atoms with Crippen LogP contribution in [0.5, 0.6) is 11.5 Å². The van der Waals surface area contributed by atoms with Crippen LogP contribution in [0.1, 0.15) is 5.56 Å². The molecule has 0 bridgehead atoms. The van der Waals surface area contributed by atoms with Crippen LogP contribution in [-0.4, -0.2) is 32.5 Å². The van der Waals surface area contributed by atoms with E-state index in [4.69, 9.17) is 14.3 Å². The normalized spacial score (nSPS) is 12.8. The third-order valence-electron chi connectivity index (χ3n) is 4.61. The van der Waals surface area contributed by atoms with Crippen LogP contribution in [-0.2, 0) is 16.3 Å². The smallest absolute Gasteiger partial charge is 0.163 e. The lowest BCUT2D eigenvalue weighted by Gasteiger charge is -2.14. The lowest BCUT2D eigenvalue weighted by Crippen LogP contribution is -2.01. The Hall–Kier alpha value is -3.72. The Bertz CT molecular complexity index is 1330. The van der Waals surface area contributed by atoms with Crippen molar-refractivity contribution in [1.29, 1.82) is 4.78 Å². The zero-order valence-electron chi connectivity index (χ0n) is 17.0. The van der Waals surface area contributed by atoms with E-state index in [1.807, 2.05) is 24.3 Å². The van der Waals surface area contributed by atoms with Gasteiger partial charge in [0.05, 0.1) is 22.4 Å². The van der Waals surface area contributed by atoms with Crippen LogP contribution < -0.4 is 14.8 Å². The van der Waals surface area contributed by atoms with Crippen molar-refractivity contribution in [2.24, 2.45) is 0 Å². The number of hydrogen-bond acceptors (Lipinski definition) is 8. The summed E-state index contributed by atoms with van der Waals surface area (Å²) in [5, 5.41) is 4.05. The maximum Gasteiger partial charge on any atom is 0.163 e. The molecule has 0 amide bonds. The molecule has 0 fully saturated rings. The minimum absolute atomic E-state index is 0.235. The van der Waals surface area contributed by atoms with Crippen molar-refractivity contribution in [2.45, 2.75) is 11.5 Å². The Morgan fingerprint density at radius 3 is 2.61 bits per heavy atom. The highest BCUT2D eigenvalue weighted by molar-refractivity contribution is 7.91. The largest absolute Gasteiger partial charge is 0.493 e. The first-order valence-electron chi connectivity index (χ1n) is 9.39. The number of nitrogens with zero attached hydrogens (tertiary/aromatic N) is 3. The fourth-order valence-electron chi connectivity index (χ4n) is 3.05. The number of fused-ring (bicyclic) bond motifs is 1. The number of rotatable bonds is 7. The summed E-state index contributed by atoms with van der Waals surface area (Å²) < 4.78 is 31.3. The van der Waals surface area contributed by atoms with Gasteiger partial charge in [-0.05, 0) is 35.9 Å². The van der Waals surface area contributed by atoms with E-state index in [9.17, 15) is 4.21 Å². The van der Waals surface area contributed by atoms with E-state index in [0.29, 0.717) is 27.7 Å². The predicted octanol–water partition coefficient (Wildman–Crippen LogP) is 4.39. The average Bonchev–Trinajstić information content (AvgIpc) is 2.77. The Balaban J connectivity index is 1.63. The summed E-state index contributed by atoms with van der Waals surface area (Å²) in [6.45, 7) is 0.235. The zero-order chi connectivity index (χ0) is 21.8. The molecule has 0 spiro atoms. The molecule has 2 aromatic heterocycles. The van der Waals surface area contributed by atoms with E-state index >= 15 is 0 Å². The molecule has 0 aliphatic heterocycles. The van der Waals surface area contributed by atoms with Gasteiger partial charge in [0, 0.05) is 40.7 Å². The maximum absolute atomic E-state index is 12.0. The van der Waals surface area contributed by atoms with Gasteiger partial charge >= 0.3 is 0 Å². The average molecular weight is 436 g/mol. The summed E-state index contributed by atoms with van der Waals surface area (Å²) in [5.41, 5.74) is 2.36. The SMILES string of the molecule is COc1cc2c(Nc3ccncc3)ncnc2cc1OCc1cccc(S(C)(=N)=O)c1. The van der Waals surface area contributed by atoms with Crippen LogP contribution in [0.15, 0.2) is 72.1 Å². The van der Waals surface area contributed by atoms with Gasteiger partial charge in [0.25, 0.3) is 0 Å².